The molecule has 0 fully saturated rings. The molecule has 0 spiro atoms. The highest BCUT2D eigenvalue weighted by atomic mass is 79.9. The van der Waals surface area contributed by atoms with Crippen LogP contribution in [-0.2, 0) is 11.2 Å². The Labute approximate surface area is 136 Å². The van der Waals surface area contributed by atoms with Crippen molar-refractivity contribution in [1.29, 1.82) is 0 Å². The molecule has 0 saturated heterocycles. The Balaban J connectivity index is 1.84. The number of fused-ring (bicyclic) bond motifs is 1. The number of nitrogens with zero attached hydrogens (tertiary/aromatic N) is 1. The lowest BCUT2D eigenvalue weighted by atomic mass is 10.1. The minimum atomic E-state index is -0.0640. The van der Waals surface area contributed by atoms with E-state index in [0.717, 1.165) is 26.6 Å². The van der Waals surface area contributed by atoms with Gasteiger partial charge >= 0.3 is 0 Å². The van der Waals surface area contributed by atoms with Crippen molar-refractivity contribution < 1.29 is 9.63 Å². The summed E-state index contributed by atoms with van der Waals surface area (Å²) >= 11 is 3.43. The number of anilines is 1. The van der Waals surface area contributed by atoms with Crippen molar-refractivity contribution in [2.75, 3.05) is 12.4 Å². The van der Waals surface area contributed by atoms with E-state index in [0.29, 0.717) is 0 Å². The Morgan fingerprint density at radius 1 is 1.18 bits per heavy atom. The molecule has 0 radical (unpaired) electrons. The van der Waals surface area contributed by atoms with E-state index in [1.807, 2.05) is 54.7 Å². The smallest absolute Gasteiger partial charge is 0.228 e. The molecule has 1 N–H and O–H groups in total. The lowest BCUT2D eigenvalue weighted by molar-refractivity contribution is -0.115. The molecule has 0 aliphatic carbocycles. The molecular weight excluding hydrogens is 344 g/mol. The highest BCUT2D eigenvalue weighted by Gasteiger charge is 2.12. The molecule has 4 nitrogen and oxygen atoms in total. The number of hydrogen-bond acceptors (Lipinski definition) is 2. The van der Waals surface area contributed by atoms with Crippen LogP contribution in [0.4, 0.5) is 5.69 Å². The number of nitrogens with one attached hydrogen (secondary N) is 1. The molecule has 3 aromatic rings. The van der Waals surface area contributed by atoms with E-state index in [2.05, 4.69) is 21.2 Å². The molecule has 1 heterocycles. The molecule has 112 valence electrons. The molecule has 0 atom stereocenters. The van der Waals surface area contributed by atoms with Crippen molar-refractivity contribution in [3.05, 3.63) is 64.8 Å². The topological polar surface area (TPSA) is 43.3 Å². The first-order chi connectivity index (χ1) is 10.7. The highest BCUT2D eigenvalue weighted by molar-refractivity contribution is 9.10. The average Bonchev–Trinajstić information content (AvgIpc) is 2.88. The molecule has 5 heteroatoms. The number of amides is 1. The molecule has 1 amide bonds. The van der Waals surface area contributed by atoms with E-state index in [4.69, 9.17) is 4.84 Å². The zero-order chi connectivity index (χ0) is 15.5. The fourth-order valence-electron chi connectivity index (χ4n) is 2.44. The SMILES string of the molecule is COn1cc(CC(=O)Nc2ccccc2Br)c2ccccc21. The van der Waals surface area contributed by atoms with Gasteiger partial charge in [-0.3, -0.25) is 4.79 Å². The van der Waals surface area contributed by atoms with Gasteiger partial charge in [0.25, 0.3) is 0 Å². The van der Waals surface area contributed by atoms with Crippen LogP contribution >= 0.6 is 15.9 Å². The van der Waals surface area contributed by atoms with Gasteiger partial charge in [-0.2, -0.15) is 4.73 Å². The summed E-state index contributed by atoms with van der Waals surface area (Å²) in [6.45, 7) is 0. The van der Waals surface area contributed by atoms with Crippen molar-refractivity contribution in [2.24, 2.45) is 0 Å². The van der Waals surface area contributed by atoms with E-state index in [1.54, 1.807) is 11.8 Å². The predicted molar refractivity (Wildman–Crippen MR) is 90.9 cm³/mol. The van der Waals surface area contributed by atoms with Gasteiger partial charge in [0.15, 0.2) is 0 Å². The maximum absolute atomic E-state index is 12.3. The van der Waals surface area contributed by atoms with Crippen LogP contribution in [0.2, 0.25) is 0 Å². The third-order valence-corrected chi connectivity index (χ3v) is 4.15. The van der Waals surface area contributed by atoms with Crippen molar-refractivity contribution in [1.82, 2.24) is 4.73 Å². The minimum Gasteiger partial charge on any atom is -0.417 e. The van der Waals surface area contributed by atoms with E-state index >= 15 is 0 Å². The van der Waals surface area contributed by atoms with Gasteiger partial charge in [-0.15, -0.1) is 0 Å². The normalized spacial score (nSPS) is 10.6. The Hall–Kier alpha value is -2.27. The molecule has 22 heavy (non-hydrogen) atoms. The number of rotatable bonds is 4. The van der Waals surface area contributed by atoms with Gasteiger partial charge in [0.2, 0.25) is 5.91 Å². The predicted octanol–water partition coefficient (Wildman–Crippen LogP) is 3.64. The number of aromatic nitrogens is 1. The number of halogens is 1. The van der Waals surface area contributed by atoms with Crippen LogP contribution in [0.15, 0.2) is 59.2 Å². The van der Waals surface area contributed by atoms with E-state index in [1.165, 1.54) is 0 Å². The second-order valence-corrected chi connectivity index (χ2v) is 5.74. The van der Waals surface area contributed by atoms with Crippen molar-refractivity contribution in [2.45, 2.75) is 6.42 Å². The summed E-state index contributed by atoms with van der Waals surface area (Å²) in [5, 5.41) is 3.93. The van der Waals surface area contributed by atoms with Crippen molar-refractivity contribution in [3.8, 4) is 0 Å². The summed E-state index contributed by atoms with van der Waals surface area (Å²) in [5.41, 5.74) is 2.65. The summed E-state index contributed by atoms with van der Waals surface area (Å²) in [4.78, 5) is 17.6. The molecule has 2 aromatic carbocycles. The van der Waals surface area contributed by atoms with Crippen LogP contribution in [0.25, 0.3) is 10.9 Å². The Kier molecular flexibility index (Phi) is 4.15. The Morgan fingerprint density at radius 2 is 1.91 bits per heavy atom. The number of hydrogen-bond donors (Lipinski definition) is 1. The Bertz CT molecular complexity index is 826. The zero-order valence-corrected chi connectivity index (χ0v) is 13.6. The molecule has 0 unspecified atom stereocenters. The lowest BCUT2D eigenvalue weighted by Gasteiger charge is -2.06. The molecular formula is C17H15BrN2O2. The fourth-order valence-corrected chi connectivity index (χ4v) is 2.82. The van der Waals surface area contributed by atoms with Crippen LogP contribution in [0.1, 0.15) is 5.56 Å². The van der Waals surface area contributed by atoms with Crippen LogP contribution in [0.3, 0.4) is 0 Å². The van der Waals surface area contributed by atoms with Gasteiger partial charge in [0, 0.05) is 16.1 Å². The summed E-state index contributed by atoms with van der Waals surface area (Å²) in [6.07, 6.45) is 2.14. The van der Waals surface area contributed by atoms with Gasteiger partial charge in [-0.25, -0.2) is 0 Å². The highest BCUT2D eigenvalue weighted by Crippen LogP contribution is 2.23. The third kappa shape index (κ3) is 2.85. The lowest BCUT2D eigenvalue weighted by Crippen LogP contribution is -2.14. The number of para-hydroxylation sites is 2. The molecule has 0 aliphatic rings. The number of carbonyl (C=O) groups is 1. The van der Waals surface area contributed by atoms with Crippen LogP contribution < -0.4 is 10.2 Å². The minimum absolute atomic E-state index is 0.0640. The van der Waals surface area contributed by atoms with Crippen molar-refractivity contribution in [3.63, 3.8) is 0 Å². The van der Waals surface area contributed by atoms with E-state index in [-0.39, 0.29) is 12.3 Å². The van der Waals surface area contributed by atoms with Crippen LogP contribution in [-0.4, -0.2) is 17.7 Å². The molecule has 1 aromatic heterocycles. The maximum Gasteiger partial charge on any atom is 0.228 e. The number of benzene rings is 2. The Morgan fingerprint density at radius 3 is 2.68 bits per heavy atom. The molecule has 3 rings (SSSR count). The first-order valence-electron chi connectivity index (χ1n) is 6.87. The fraction of sp³-hybridized carbons (Fsp3) is 0.118. The molecule has 0 bridgehead atoms. The maximum atomic E-state index is 12.3. The second-order valence-electron chi connectivity index (χ2n) is 4.88. The molecule has 0 aliphatic heterocycles. The third-order valence-electron chi connectivity index (χ3n) is 3.46. The second kappa shape index (κ2) is 6.23. The summed E-state index contributed by atoms with van der Waals surface area (Å²) in [6, 6.07) is 15.4. The van der Waals surface area contributed by atoms with Crippen LogP contribution in [0, 0.1) is 0 Å². The van der Waals surface area contributed by atoms with Gasteiger partial charge in [0.1, 0.15) is 7.11 Å². The van der Waals surface area contributed by atoms with Crippen LogP contribution in [0.5, 0.6) is 0 Å². The average molecular weight is 359 g/mol. The van der Waals surface area contributed by atoms with E-state index in [9.17, 15) is 4.79 Å². The summed E-state index contributed by atoms with van der Waals surface area (Å²) in [5.74, 6) is -0.0640. The standard InChI is InChI=1S/C17H15BrN2O2/c1-22-20-11-12(13-6-2-5-9-16(13)20)10-17(21)19-15-8-4-3-7-14(15)18/h2-9,11H,10H2,1H3,(H,19,21). The largest absolute Gasteiger partial charge is 0.417 e. The first-order valence-corrected chi connectivity index (χ1v) is 7.66. The van der Waals surface area contributed by atoms with Gasteiger partial charge in [-0.1, -0.05) is 30.3 Å². The monoisotopic (exact) mass is 358 g/mol. The summed E-state index contributed by atoms with van der Waals surface area (Å²) < 4.78 is 2.54. The first kappa shape index (κ1) is 14.7. The summed E-state index contributed by atoms with van der Waals surface area (Å²) in [7, 11) is 1.61. The zero-order valence-electron chi connectivity index (χ0n) is 12.0. The molecule has 0 saturated carbocycles. The van der Waals surface area contributed by atoms with Gasteiger partial charge in [-0.05, 0) is 39.7 Å². The van der Waals surface area contributed by atoms with Gasteiger partial charge in [0.05, 0.1) is 17.6 Å². The van der Waals surface area contributed by atoms with Crippen molar-refractivity contribution >= 4 is 38.4 Å². The quantitative estimate of drug-likeness (QED) is 0.773. The number of carbonyl (C=O) groups excluding carboxylic acids is 1. The van der Waals surface area contributed by atoms with Gasteiger partial charge < -0.3 is 10.2 Å². The van der Waals surface area contributed by atoms with E-state index < -0.39 is 0 Å².